The molecule has 1 aromatic carbocycles. The molecule has 0 aliphatic carbocycles. The lowest BCUT2D eigenvalue weighted by Crippen LogP contribution is -2.44. The van der Waals surface area contributed by atoms with Gasteiger partial charge in [0, 0.05) is 13.1 Å². The number of carboxylic acids is 1. The summed E-state index contributed by atoms with van der Waals surface area (Å²) in [5.41, 5.74) is 0.551. The summed E-state index contributed by atoms with van der Waals surface area (Å²) in [5.74, 6) is -1.08. The van der Waals surface area contributed by atoms with Crippen molar-refractivity contribution >= 4 is 12.0 Å². The van der Waals surface area contributed by atoms with E-state index in [0.29, 0.717) is 5.56 Å². The van der Waals surface area contributed by atoms with Gasteiger partial charge in [0.2, 0.25) is 0 Å². The van der Waals surface area contributed by atoms with Crippen LogP contribution in [0.2, 0.25) is 0 Å². The standard InChI is InChI=1S/C13H18N2O3/c1-9(2)15(3)13(18)14-11(12(16)17)10-7-5-4-6-8-10/h4-9,11H,1-3H3,(H,14,18)(H,16,17). The third kappa shape index (κ3) is 3.48. The monoisotopic (exact) mass is 250 g/mol. The fraction of sp³-hybridized carbons (Fsp3) is 0.385. The summed E-state index contributed by atoms with van der Waals surface area (Å²) in [6.07, 6.45) is 0. The van der Waals surface area contributed by atoms with Gasteiger partial charge in [-0.25, -0.2) is 9.59 Å². The molecule has 1 atom stereocenters. The van der Waals surface area contributed by atoms with Crippen molar-refractivity contribution in [3.8, 4) is 0 Å². The molecule has 1 rings (SSSR count). The molecule has 0 bridgehead atoms. The molecule has 0 saturated carbocycles. The summed E-state index contributed by atoms with van der Waals surface area (Å²) in [6.45, 7) is 3.72. The maximum atomic E-state index is 11.8. The first-order valence-electron chi connectivity index (χ1n) is 5.74. The molecule has 2 N–H and O–H groups in total. The largest absolute Gasteiger partial charge is 0.479 e. The van der Waals surface area contributed by atoms with Crippen LogP contribution in [0.4, 0.5) is 4.79 Å². The van der Waals surface area contributed by atoms with Crippen molar-refractivity contribution in [2.75, 3.05) is 7.05 Å². The van der Waals surface area contributed by atoms with E-state index in [0.717, 1.165) is 0 Å². The number of hydrogen-bond acceptors (Lipinski definition) is 2. The predicted octanol–water partition coefficient (Wildman–Crippen LogP) is 1.86. The fourth-order valence-corrected chi connectivity index (χ4v) is 1.39. The molecule has 5 heteroatoms. The van der Waals surface area contributed by atoms with Crippen LogP contribution in [-0.2, 0) is 4.79 Å². The first kappa shape index (κ1) is 14.0. The lowest BCUT2D eigenvalue weighted by Gasteiger charge is -2.24. The highest BCUT2D eigenvalue weighted by Gasteiger charge is 2.23. The maximum Gasteiger partial charge on any atom is 0.330 e. The summed E-state index contributed by atoms with van der Waals surface area (Å²) in [6, 6.07) is 7.21. The van der Waals surface area contributed by atoms with Gasteiger partial charge in [0.1, 0.15) is 0 Å². The van der Waals surface area contributed by atoms with Crippen molar-refractivity contribution in [2.45, 2.75) is 25.9 Å². The molecule has 2 amide bonds. The van der Waals surface area contributed by atoms with Crippen molar-refractivity contribution < 1.29 is 14.7 Å². The van der Waals surface area contributed by atoms with Crippen LogP contribution in [0.3, 0.4) is 0 Å². The van der Waals surface area contributed by atoms with Gasteiger partial charge in [-0.15, -0.1) is 0 Å². The van der Waals surface area contributed by atoms with Crippen LogP contribution >= 0.6 is 0 Å². The van der Waals surface area contributed by atoms with E-state index in [-0.39, 0.29) is 6.04 Å². The van der Waals surface area contributed by atoms with Crippen LogP contribution < -0.4 is 5.32 Å². The smallest absolute Gasteiger partial charge is 0.330 e. The third-order valence-corrected chi connectivity index (χ3v) is 2.74. The highest BCUT2D eigenvalue weighted by molar-refractivity contribution is 5.83. The Hall–Kier alpha value is -2.04. The Bertz CT molecular complexity index is 418. The lowest BCUT2D eigenvalue weighted by molar-refractivity contribution is -0.139. The minimum atomic E-state index is -1.08. The number of hydrogen-bond donors (Lipinski definition) is 2. The van der Waals surface area contributed by atoms with Crippen molar-refractivity contribution in [3.63, 3.8) is 0 Å². The van der Waals surface area contributed by atoms with E-state index in [1.807, 2.05) is 13.8 Å². The minimum absolute atomic E-state index is 0.00946. The Kier molecular flexibility index (Phi) is 4.71. The van der Waals surface area contributed by atoms with Crippen LogP contribution in [0, 0.1) is 0 Å². The van der Waals surface area contributed by atoms with Gasteiger partial charge in [-0.05, 0) is 19.4 Å². The number of amides is 2. The second kappa shape index (κ2) is 6.05. The summed E-state index contributed by atoms with van der Waals surface area (Å²) in [4.78, 5) is 24.5. The quantitative estimate of drug-likeness (QED) is 0.857. The average Bonchev–Trinajstić information content (AvgIpc) is 2.35. The Labute approximate surface area is 106 Å². The van der Waals surface area contributed by atoms with E-state index in [4.69, 9.17) is 5.11 Å². The van der Waals surface area contributed by atoms with E-state index in [2.05, 4.69) is 5.32 Å². The molecule has 0 saturated heterocycles. The molecular weight excluding hydrogens is 232 g/mol. The number of nitrogens with one attached hydrogen (secondary N) is 1. The zero-order valence-corrected chi connectivity index (χ0v) is 10.8. The second-order valence-corrected chi connectivity index (χ2v) is 4.34. The van der Waals surface area contributed by atoms with Gasteiger partial charge in [-0.2, -0.15) is 0 Å². The van der Waals surface area contributed by atoms with E-state index in [1.165, 1.54) is 4.90 Å². The highest BCUT2D eigenvalue weighted by atomic mass is 16.4. The van der Waals surface area contributed by atoms with Gasteiger partial charge in [-0.1, -0.05) is 30.3 Å². The topological polar surface area (TPSA) is 69.6 Å². The van der Waals surface area contributed by atoms with E-state index in [9.17, 15) is 9.59 Å². The van der Waals surface area contributed by atoms with Crippen molar-refractivity contribution in [1.29, 1.82) is 0 Å². The Morgan fingerprint density at radius 3 is 2.22 bits per heavy atom. The van der Waals surface area contributed by atoms with E-state index >= 15 is 0 Å². The average molecular weight is 250 g/mol. The number of carbonyl (C=O) groups is 2. The van der Waals surface area contributed by atoms with Gasteiger partial charge in [-0.3, -0.25) is 0 Å². The Balaban J connectivity index is 2.83. The van der Waals surface area contributed by atoms with Crippen LogP contribution in [0.1, 0.15) is 25.5 Å². The number of carboxylic acid groups (broad SMARTS) is 1. The molecule has 0 fully saturated rings. The Morgan fingerprint density at radius 1 is 1.22 bits per heavy atom. The molecule has 98 valence electrons. The molecule has 0 aliphatic rings. The van der Waals surface area contributed by atoms with Gasteiger partial charge >= 0.3 is 12.0 Å². The molecule has 1 aromatic rings. The zero-order valence-electron chi connectivity index (χ0n) is 10.8. The lowest BCUT2D eigenvalue weighted by atomic mass is 10.1. The zero-order chi connectivity index (χ0) is 13.7. The van der Waals surface area contributed by atoms with Crippen molar-refractivity contribution in [1.82, 2.24) is 10.2 Å². The molecule has 0 radical (unpaired) electrons. The molecular formula is C13H18N2O3. The summed E-state index contributed by atoms with van der Waals surface area (Å²) >= 11 is 0. The Morgan fingerprint density at radius 2 is 1.78 bits per heavy atom. The van der Waals surface area contributed by atoms with Crippen molar-refractivity contribution in [2.24, 2.45) is 0 Å². The van der Waals surface area contributed by atoms with Crippen LogP contribution in [-0.4, -0.2) is 35.1 Å². The van der Waals surface area contributed by atoms with E-state index in [1.54, 1.807) is 37.4 Å². The fourth-order valence-electron chi connectivity index (χ4n) is 1.39. The summed E-state index contributed by atoms with van der Waals surface area (Å²) < 4.78 is 0. The molecule has 18 heavy (non-hydrogen) atoms. The molecule has 0 spiro atoms. The third-order valence-electron chi connectivity index (χ3n) is 2.74. The number of carbonyl (C=O) groups excluding carboxylic acids is 1. The molecule has 1 unspecified atom stereocenters. The summed E-state index contributed by atoms with van der Waals surface area (Å²) in [5, 5.41) is 11.7. The second-order valence-electron chi connectivity index (χ2n) is 4.34. The predicted molar refractivity (Wildman–Crippen MR) is 68.2 cm³/mol. The maximum absolute atomic E-state index is 11.8. The van der Waals surface area contributed by atoms with Crippen molar-refractivity contribution in [3.05, 3.63) is 35.9 Å². The SMILES string of the molecule is CC(C)N(C)C(=O)NC(C(=O)O)c1ccccc1. The molecule has 0 aliphatic heterocycles. The first-order chi connectivity index (χ1) is 8.43. The minimum Gasteiger partial charge on any atom is -0.479 e. The molecule has 0 heterocycles. The normalized spacial score (nSPS) is 12.0. The van der Waals surface area contributed by atoms with Gasteiger partial charge in [0.05, 0.1) is 0 Å². The molecule has 0 aromatic heterocycles. The van der Waals surface area contributed by atoms with Gasteiger partial charge in [0.25, 0.3) is 0 Å². The van der Waals surface area contributed by atoms with E-state index < -0.39 is 18.0 Å². The highest BCUT2D eigenvalue weighted by Crippen LogP contribution is 2.13. The number of aliphatic carboxylic acids is 1. The number of nitrogens with zero attached hydrogens (tertiary/aromatic N) is 1. The first-order valence-corrected chi connectivity index (χ1v) is 5.74. The summed E-state index contributed by atoms with van der Waals surface area (Å²) in [7, 11) is 1.63. The molecule has 5 nitrogen and oxygen atoms in total. The number of rotatable bonds is 4. The van der Waals surface area contributed by atoms with Crippen LogP contribution in [0.5, 0.6) is 0 Å². The van der Waals surface area contributed by atoms with Gasteiger partial charge < -0.3 is 15.3 Å². The van der Waals surface area contributed by atoms with Crippen LogP contribution in [0.15, 0.2) is 30.3 Å². The van der Waals surface area contributed by atoms with Gasteiger partial charge in [0.15, 0.2) is 6.04 Å². The van der Waals surface area contributed by atoms with Crippen LogP contribution in [0.25, 0.3) is 0 Å². The number of benzene rings is 1. The number of urea groups is 1.